The zero-order valence-electron chi connectivity index (χ0n) is 11.1. The number of rotatable bonds is 3. The number of carboxylic acid groups (broad SMARTS) is 1. The number of aromatic nitrogens is 1. The lowest BCUT2D eigenvalue weighted by atomic mass is 9.90. The highest BCUT2D eigenvalue weighted by molar-refractivity contribution is 5.85. The summed E-state index contributed by atoms with van der Waals surface area (Å²) in [5.41, 5.74) is 4.77. The third kappa shape index (κ3) is 2.50. The maximum atomic E-state index is 10.8. The Bertz CT molecular complexity index is 635. The summed E-state index contributed by atoms with van der Waals surface area (Å²) in [5.74, 6) is -1.01. The Balaban J connectivity index is 1.86. The van der Waals surface area contributed by atoms with E-state index < -0.39 is 5.97 Å². The Morgan fingerprint density at radius 3 is 2.75 bits per heavy atom. The fourth-order valence-electron chi connectivity index (χ4n) is 2.65. The normalized spacial score (nSPS) is 13.6. The van der Waals surface area contributed by atoms with Gasteiger partial charge in [-0.25, -0.2) is 9.78 Å². The molecule has 0 bridgehead atoms. The van der Waals surface area contributed by atoms with Crippen molar-refractivity contribution in [2.24, 2.45) is 0 Å². The molecule has 0 atom stereocenters. The minimum atomic E-state index is -1.01. The molecule has 2 aromatic rings. The van der Waals surface area contributed by atoms with Crippen LogP contribution in [0.1, 0.15) is 34.5 Å². The molecule has 0 saturated heterocycles. The molecule has 1 aromatic heterocycles. The van der Waals surface area contributed by atoms with Gasteiger partial charge in [-0.15, -0.1) is 0 Å². The third-order valence-corrected chi connectivity index (χ3v) is 3.66. The Morgan fingerprint density at radius 2 is 2.00 bits per heavy atom. The number of benzene rings is 1. The minimum Gasteiger partial charge on any atom is -0.477 e. The number of carbonyl (C=O) groups is 1. The van der Waals surface area contributed by atoms with E-state index in [0.717, 1.165) is 24.2 Å². The van der Waals surface area contributed by atoms with Gasteiger partial charge in [-0.05, 0) is 55.0 Å². The molecule has 1 aliphatic carbocycles. The maximum Gasteiger partial charge on any atom is 0.354 e. The average Bonchev–Trinajstić information content (AvgIpc) is 2.48. The van der Waals surface area contributed by atoms with Crippen LogP contribution in [0.25, 0.3) is 0 Å². The summed E-state index contributed by atoms with van der Waals surface area (Å²) in [6.45, 7) is 0. The van der Waals surface area contributed by atoms with Gasteiger partial charge >= 0.3 is 5.97 Å². The monoisotopic (exact) mass is 268 g/mol. The molecular formula is C16H16N2O2. The van der Waals surface area contributed by atoms with E-state index in [1.165, 1.54) is 30.0 Å². The van der Waals surface area contributed by atoms with Gasteiger partial charge in [0, 0.05) is 5.69 Å². The molecule has 0 radical (unpaired) electrons. The molecule has 102 valence electrons. The predicted molar refractivity (Wildman–Crippen MR) is 77.6 cm³/mol. The number of aryl methyl sites for hydroxylation is 1. The topological polar surface area (TPSA) is 62.2 Å². The molecule has 1 aromatic carbocycles. The number of nitrogens with zero attached hydrogens (tertiary/aromatic N) is 1. The van der Waals surface area contributed by atoms with Gasteiger partial charge in [-0.1, -0.05) is 12.1 Å². The van der Waals surface area contributed by atoms with Crippen molar-refractivity contribution in [3.8, 4) is 0 Å². The Hall–Kier alpha value is -2.36. The molecule has 0 amide bonds. The lowest BCUT2D eigenvalue weighted by Crippen LogP contribution is -2.06. The van der Waals surface area contributed by atoms with Gasteiger partial charge in [0.15, 0.2) is 0 Å². The molecule has 1 heterocycles. The number of nitrogens with one attached hydrogen (secondary N) is 1. The molecule has 0 saturated carbocycles. The van der Waals surface area contributed by atoms with Crippen molar-refractivity contribution < 1.29 is 9.90 Å². The summed E-state index contributed by atoms with van der Waals surface area (Å²) in [6.07, 6.45) is 6.28. The highest BCUT2D eigenvalue weighted by atomic mass is 16.4. The van der Waals surface area contributed by atoms with Crippen molar-refractivity contribution in [1.29, 1.82) is 0 Å². The van der Waals surface area contributed by atoms with E-state index in [4.69, 9.17) is 5.11 Å². The minimum absolute atomic E-state index is 0.0608. The lowest BCUT2D eigenvalue weighted by Gasteiger charge is -2.20. The average molecular weight is 268 g/mol. The Morgan fingerprint density at radius 1 is 1.15 bits per heavy atom. The van der Waals surface area contributed by atoms with E-state index in [1.807, 2.05) is 0 Å². The van der Waals surface area contributed by atoms with E-state index in [1.54, 1.807) is 12.3 Å². The van der Waals surface area contributed by atoms with Crippen LogP contribution in [0.3, 0.4) is 0 Å². The first kappa shape index (κ1) is 12.7. The fraction of sp³-hybridized carbons (Fsp3) is 0.250. The van der Waals surface area contributed by atoms with Gasteiger partial charge in [0.25, 0.3) is 0 Å². The summed E-state index contributed by atoms with van der Waals surface area (Å²) in [6, 6.07) is 9.57. The van der Waals surface area contributed by atoms with E-state index >= 15 is 0 Å². The van der Waals surface area contributed by atoms with Crippen LogP contribution in [0.4, 0.5) is 11.4 Å². The van der Waals surface area contributed by atoms with Crippen molar-refractivity contribution in [3.63, 3.8) is 0 Å². The molecule has 4 heteroatoms. The molecule has 1 aliphatic rings. The molecule has 20 heavy (non-hydrogen) atoms. The summed E-state index contributed by atoms with van der Waals surface area (Å²) in [4.78, 5) is 14.7. The van der Waals surface area contributed by atoms with Crippen LogP contribution >= 0.6 is 0 Å². The second-order valence-electron chi connectivity index (χ2n) is 5.01. The zero-order valence-corrected chi connectivity index (χ0v) is 11.1. The van der Waals surface area contributed by atoms with Crippen LogP contribution in [0.2, 0.25) is 0 Å². The third-order valence-electron chi connectivity index (χ3n) is 3.66. The van der Waals surface area contributed by atoms with Gasteiger partial charge in [-0.3, -0.25) is 0 Å². The number of carboxylic acids is 1. The molecule has 0 spiro atoms. The van der Waals surface area contributed by atoms with E-state index in [2.05, 4.69) is 28.5 Å². The van der Waals surface area contributed by atoms with Gasteiger partial charge < -0.3 is 10.4 Å². The number of hydrogen-bond donors (Lipinski definition) is 2. The lowest BCUT2D eigenvalue weighted by molar-refractivity contribution is 0.0690. The summed E-state index contributed by atoms with van der Waals surface area (Å²) < 4.78 is 0. The quantitative estimate of drug-likeness (QED) is 0.895. The first-order chi connectivity index (χ1) is 9.74. The van der Waals surface area contributed by atoms with Crippen molar-refractivity contribution in [1.82, 2.24) is 4.98 Å². The fourth-order valence-corrected chi connectivity index (χ4v) is 2.65. The second kappa shape index (κ2) is 5.33. The number of aromatic carboxylic acids is 1. The first-order valence-corrected chi connectivity index (χ1v) is 6.81. The van der Waals surface area contributed by atoms with Gasteiger partial charge in [0.2, 0.25) is 0 Å². The SMILES string of the molecule is O=C(O)c1ccc(Nc2cccc3c2CCCC3)cn1. The van der Waals surface area contributed by atoms with Crippen molar-refractivity contribution in [3.05, 3.63) is 53.3 Å². The molecule has 0 unspecified atom stereocenters. The Kier molecular flexibility index (Phi) is 3.37. The van der Waals surface area contributed by atoms with Gasteiger partial charge in [-0.2, -0.15) is 0 Å². The highest BCUT2D eigenvalue weighted by Gasteiger charge is 2.13. The van der Waals surface area contributed by atoms with Crippen molar-refractivity contribution in [2.75, 3.05) is 5.32 Å². The zero-order chi connectivity index (χ0) is 13.9. The van der Waals surface area contributed by atoms with Crippen LogP contribution < -0.4 is 5.32 Å². The molecule has 0 fully saturated rings. The number of hydrogen-bond acceptors (Lipinski definition) is 3. The van der Waals surface area contributed by atoms with E-state index in [0.29, 0.717) is 0 Å². The Labute approximate surface area is 117 Å². The van der Waals surface area contributed by atoms with E-state index in [9.17, 15) is 4.79 Å². The van der Waals surface area contributed by atoms with Crippen LogP contribution in [-0.4, -0.2) is 16.1 Å². The van der Waals surface area contributed by atoms with Crippen LogP contribution in [0.15, 0.2) is 36.5 Å². The molecule has 3 rings (SSSR count). The standard InChI is InChI=1S/C16H16N2O2/c19-16(20)15-9-8-12(10-17-15)18-14-7-3-5-11-4-1-2-6-13(11)14/h3,5,7-10,18H,1-2,4,6H2,(H,19,20). The predicted octanol–water partition coefficient (Wildman–Crippen LogP) is 3.40. The molecule has 4 nitrogen and oxygen atoms in total. The smallest absolute Gasteiger partial charge is 0.354 e. The second-order valence-corrected chi connectivity index (χ2v) is 5.01. The number of fused-ring (bicyclic) bond motifs is 1. The summed E-state index contributed by atoms with van der Waals surface area (Å²) in [7, 11) is 0. The first-order valence-electron chi connectivity index (χ1n) is 6.81. The number of pyridine rings is 1. The summed E-state index contributed by atoms with van der Waals surface area (Å²) in [5, 5.41) is 12.2. The van der Waals surface area contributed by atoms with Gasteiger partial charge in [0.1, 0.15) is 5.69 Å². The molecule has 2 N–H and O–H groups in total. The van der Waals surface area contributed by atoms with Crippen LogP contribution in [-0.2, 0) is 12.8 Å². The molecule has 0 aliphatic heterocycles. The van der Waals surface area contributed by atoms with Crippen molar-refractivity contribution >= 4 is 17.3 Å². The molecular weight excluding hydrogens is 252 g/mol. The number of anilines is 2. The van der Waals surface area contributed by atoms with E-state index in [-0.39, 0.29) is 5.69 Å². The maximum absolute atomic E-state index is 10.8. The largest absolute Gasteiger partial charge is 0.477 e. The van der Waals surface area contributed by atoms with Crippen molar-refractivity contribution in [2.45, 2.75) is 25.7 Å². The van der Waals surface area contributed by atoms with Crippen LogP contribution in [0, 0.1) is 0 Å². The summed E-state index contributed by atoms with van der Waals surface area (Å²) >= 11 is 0. The van der Waals surface area contributed by atoms with Gasteiger partial charge in [0.05, 0.1) is 11.9 Å². The highest BCUT2D eigenvalue weighted by Crippen LogP contribution is 2.29. The van der Waals surface area contributed by atoms with Crippen LogP contribution in [0.5, 0.6) is 0 Å².